The highest BCUT2D eigenvalue weighted by atomic mass is 35.5. The van der Waals surface area contributed by atoms with E-state index in [4.69, 9.17) is 11.0 Å². The fraction of sp³-hybridized carbons (Fsp3) is 0.278. The van der Waals surface area contributed by atoms with E-state index in [1.165, 1.54) is 6.07 Å². The summed E-state index contributed by atoms with van der Waals surface area (Å²) >= 11 is 0. The Hall–Kier alpha value is -2.12. The number of sulfonamides is 1. The van der Waals surface area contributed by atoms with Crippen LogP contribution in [0.25, 0.3) is 0 Å². The van der Waals surface area contributed by atoms with Crippen molar-refractivity contribution in [3.8, 4) is 6.07 Å². The molecule has 2 atom stereocenters. The summed E-state index contributed by atoms with van der Waals surface area (Å²) in [6.45, 7) is 0.168. The third kappa shape index (κ3) is 4.15. The number of halogens is 4. The van der Waals surface area contributed by atoms with Crippen LogP contribution >= 0.6 is 12.4 Å². The van der Waals surface area contributed by atoms with Gasteiger partial charge >= 0.3 is 6.18 Å². The molecule has 28 heavy (non-hydrogen) atoms. The van der Waals surface area contributed by atoms with E-state index in [0.717, 1.165) is 22.0 Å². The Balaban J connectivity index is 0.00000280. The van der Waals surface area contributed by atoms with Gasteiger partial charge in [-0.15, -0.1) is 12.4 Å². The second kappa shape index (κ2) is 8.09. The monoisotopic (exact) mass is 431 g/mol. The second-order valence-corrected chi connectivity index (χ2v) is 8.26. The lowest BCUT2D eigenvalue weighted by molar-refractivity contribution is -0.137. The molecule has 0 spiro atoms. The molecule has 1 saturated heterocycles. The number of benzene rings is 2. The number of nitrogens with two attached hydrogens (primary N) is 1. The van der Waals surface area contributed by atoms with Crippen LogP contribution in [-0.2, 0) is 16.2 Å². The number of rotatable bonds is 3. The molecule has 0 amide bonds. The van der Waals surface area contributed by atoms with Gasteiger partial charge in [-0.25, -0.2) is 8.42 Å². The lowest BCUT2D eigenvalue weighted by atomic mass is 9.95. The molecule has 5 nitrogen and oxygen atoms in total. The third-order valence-electron chi connectivity index (χ3n) is 4.61. The van der Waals surface area contributed by atoms with Gasteiger partial charge in [-0.05, 0) is 23.8 Å². The summed E-state index contributed by atoms with van der Waals surface area (Å²) in [6, 6.07) is 12.4. The maximum absolute atomic E-state index is 12.9. The minimum Gasteiger partial charge on any atom is -0.326 e. The summed E-state index contributed by atoms with van der Waals surface area (Å²) in [4.78, 5) is -0.354. The van der Waals surface area contributed by atoms with Gasteiger partial charge in [-0.2, -0.15) is 22.7 Å². The zero-order valence-electron chi connectivity index (χ0n) is 14.4. The van der Waals surface area contributed by atoms with E-state index in [2.05, 4.69) is 0 Å². The predicted octanol–water partition coefficient (Wildman–Crippen LogP) is 3.11. The molecule has 10 heteroatoms. The first kappa shape index (κ1) is 22.2. The van der Waals surface area contributed by atoms with E-state index in [-0.39, 0.29) is 36.3 Å². The van der Waals surface area contributed by atoms with Gasteiger partial charge in [0.2, 0.25) is 10.0 Å². The molecular weight excluding hydrogens is 415 g/mol. The van der Waals surface area contributed by atoms with Crippen molar-refractivity contribution in [3.05, 3.63) is 65.2 Å². The van der Waals surface area contributed by atoms with Crippen molar-refractivity contribution in [1.82, 2.24) is 4.31 Å². The first-order valence-electron chi connectivity index (χ1n) is 8.06. The average Bonchev–Trinajstić information content (AvgIpc) is 3.03. The first-order valence-corrected chi connectivity index (χ1v) is 9.50. The molecule has 1 heterocycles. The third-order valence-corrected chi connectivity index (χ3v) is 6.44. The van der Waals surface area contributed by atoms with Crippen LogP contribution in [0.2, 0.25) is 0 Å². The summed E-state index contributed by atoms with van der Waals surface area (Å²) in [5.74, 6) is -0.217. The molecule has 0 unspecified atom stereocenters. The van der Waals surface area contributed by atoms with Gasteiger partial charge in [0, 0.05) is 25.0 Å². The summed E-state index contributed by atoms with van der Waals surface area (Å²) in [5.41, 5.74) is 5.11. The normalized spacial score (nSPS) is 20.4. The standard InChI is InChI=1S/C18H16F3N3O2S.ClH/c19-18(20,21)16-7-6-14(8-13(16)9-22)27(25,26)24-10-15(17(23)11-24)12-4-2-1-3-5-12;/h1-8,15,17H,10-11,23H2;1H/t15-,17+;/m0./s1. The van der Waals surface area contributed by atoms with Crippen LogP contribution in [0, 0.1) is 11.3 Å². The van der Waals surface area contributed by atoms with Crippen molar-refractivity contribution >= 4 is 22.4 Å². The number of nitriles is 1. The minimum absolute atomic E-state index is 0. The number of alkyl halides is 3. The van der Waals surface area contributed by atoms with Crippen molar-refractivity contribution in [3.63, 3.8) is 0 Å². The van der Waals surface area contributed by atoms with Crippen LogP contribution in [0.5, 0.6) is 0 Å². The maximum atomic E-state index is 12.9. The van der Waals surface area contributed by atoms with Crippen LogP contribution in [-0.4, -0.2) is 31.9 Å². The maximum Gasteiger partial charge on any atom is 0.417 e. The van der Waals surface area contributed by atoms with Gasteiger partial charge in [-0.1, -0.05) is 30.3 Å². The average molecular weight is 432 g/mol. The van der Waals surface area contributed by atoms with Gasteiger partial charge in [0.1, 0.15) is 0 Å². The Morgan fingerprint density at radius 2 is 1.75 bits per heavy atom. The Kier molecular flexibility index (Phi) is 6.41. The van der Waals surface area contributed by atoms with Crippen molar-refractivity contribution in [1.29, 1.82) is 5.26 Å². The smallest absolute Gasteiger partial charge is 0.326 e. The van der Waals surface area contributed by atoms with E-state index in [1.807, 2.05) is 30.3 Å². The van der Waals surface area contributed by atoms with Crippen LogP contribution in [0.15, 0.2) is 53.4 Å². The zero-order valence-corrected chi connectivity index (χ0v) is 16.1. The molecule has 3 rings (SSSR count). The van der Waals surface area contributed by atoms with E-state index >= 15 is 0 Å². The molecular formula is C18H17ClF3N3O2S. The minimum atomic E-state index is -4.73. The number of hydrogen-bond donors (Lipinski definition) is 1. The van der Waals surface area contributed by atoms with Crippen molar-refractivity contribution in [2.75, 3.05) is 13.1 Å². The predicted molar refractivity (Wildman–Crippen MR) is 99.3 cm³/mol. The fourth-order valence-corrected chi connectivity index (χ4v) is 4.74. The van der Waals surface area contributed by atoms with Crippen molar-refractivity contribution in [2.45, 2.75) is 23.0 Å². The Labute approximate surface area is 167 Å². The van der Waals surface area contributed by atoms with Gasteiger partial charge in [0.05, 0.1) is 22.1 Å². The Morgan fingerprint density at radius 3 is 2.32 bits per heavy atom. The summed E-state index contributed by atoms with van der Waals surface area (Å²) in [6.07, 6.45) is -4.73. The lowest BCUT2D eigenvalue weighted by Crippen LogP contribution is -2.32. The summed E-state index contributed by atoms with van der Waals surface area (Å²) in [7, 11) is -4.07. The Morgan fingerprint density at radius 1 is 1.11 bits per heavy atom. The van der Waals surface area contributed by atoms with Crippen molar-refractivity contribution in [2.24, 2.45) is 5.73 Å². The van der Waals surface area contributed by atoms with Gasteiger partial charge in [-0.3, -0.25) is 0 Å². The van der Waals surface area contributed by atoms with Crippen LogP contribution < -0.4 is 5.73 Å². The second-order valence-electron chi connectivity index (χ2n) is 6.32. The van der Waals surface area contributed by atoms with E-state index < -0.39 is 33.4 Å². The molecule has 1 aliphatic rings. The molecule has 0 aliphatic carbocycles. The summed E-state index contributed by atoms with van der Waals surface area (Å²) in [5, 5.41) is 8.99. The topological polar surface area (TPSA) is 87.2 Å². The van der Waals surface area contributed by atoms with Crippen LogP contribution in [0.3, 0.4) is 0 Å². The van der Waals surface area contributed by atoms with E-state index in [1.54, 1.807) is 0 Å². The quantitative estimate of drug-likeness (QED) is 0.808. The molecule has 1 aliphatic heterocycles. The van der Waals surface area contributed by atoms with E-state index in [9.17, 15) is 21.6 Å². The van der Waals surface area contributed by atoms with Crippen LogP contribution in [0.1, 0.15) is 22.6 Å². The molecule has 1 fully saturated rings. The molecule has 2 aromatic carbocycles. The molecule has 0 saturated carbocycles. The highest BCUT2D eigenvalue weighted by molar-refractivity contribution is 7.89. The Bertz CT molecular complexity index is 991. The zero-order chi connectivity index (χ0) is 19.8. The molecule has 2 N–H and O–H groups in total. The SMILES string of the molecule is Cl.N#Cc1cc(S(=O)(=O)N2C[C@@H](N)[C@H](c3ccccc3)C2)ccc1C(F)(F)F. The largest absolute Gasteiger partial charge is 0.417 e. The number of nitrogens with zero attached hydrogens (tertiary/aromatic N) is 2. The van der Waals surface area contributed by atoms with E-state index in [0.29, 0.717) is 6.07 Å². The summed E-state index contributed by atoms with van der Waals surface area (Å²) < 4.78 is 65.7. The van der Waals surface area contributed by atoms with Gasteiger partial charge < -0.3 is 5.73 Å². The highest BCUT2D eigenvalue weighted by Gasteiger charge is 2.39. The molecule has 0 radical (unpaired) electrons. The molecule has 0 aromatic heterocycles. The highest BCUT2D eigenvalue weighted by Crippen LogP contribution is 2.35. The fourth-order valence-electron chi connectivity index (χ4n) is 3.21. The van der Waals surface area contributed by atoms with Crippen LogP contribution in [0.4, 0.5) is 13.2 Å². The lowest BCUT2D eigenvalue weighted by Gasteiger charge is -2.18. The number of hydrogen-bond acceptors (Lipinski definition) is 4. The molecule has 2 aromatic rings. The van der Waals surface area contributed by atoms with Gasteiger partial charge in [0.25, 0.3) is 0 Å². The molecule has 0 bridgehead atoms. The molecule has 150 valence electrons. The first-order chi connectivity index (χ1) is 12.6. The van der Waals surface area contributed by atoms with Gasteiger partial charge in [0.15, 0.2) is 0 Å². The van der Waals surface area contributed by atoms with Crippen molar-refractivity contribution < 1.29 is 21.6 Å².